The van der Waals surface area contributed by atoms with Gasteiger partial charge in [-0.3, -0.25) is 9.59 Å². The van der Waals surface area contributed by atoms with Crippen LogP contribution in [0.2, 0.25) is 0 Å². The van der Waals surface area contributed by atoms with E-state index < -0.39 is 0 Å². The van der Waals surface area contributed by atoms with E-state index in [9.17, 15) is 9.59 Å². The molecule has 2 amide bonds. The molecule has 1 aromatic heterocycles. The number of nitrogens with zero attached hydrogens (tertiary/aromatic N) is 4. The minimum absolute atomic E-state index is 0.0536. The molecule has 0 bridgehead atoms. The van der Waals surface area contributed by atoms with Gasteiger partial charge in [0.25, 0.3) is 5.91 Å². The molecule has 2 aliphatic heterocycles. The molecule has 0 spiro atoms. The van der Waals surface area contributed by atoms with Crippen LogP contribution in [0, 0.1) is 6.92 Å². The van der Waals surface area contributed by atoms with Gasteiger partial charge >= 0.3 is 0 Å². The van der Waals surface area contributed by atoms with E-state index in [0.717, 1.165) is 60.1 Å². The Morgan fingerprint density at radius 2 is 1.96 bits per heavy atom. The normalized spacial score (nSPS) is 17.0. The first kappa shape index (κ1) is 18.0. The molecule has 2 aromatic rings. The Kier molecular flexibility index (Phi) is 4.86. The molecule has 0 aliphatic carbocycles. The van der Waals surface area contributed by atoms with Crippen LogP contribution in [0.15, 0.2) is 23.6 Å². The molecule has 1 fully saturated rings. The van der Waals surface area contributed by atoms with E-state index in [2.05, 4.69) is 15.3 Å². The smallest absolute Gasteiger partial charge is 0.253 e. The van der Waals surface area contributed by atoms with Gasteiger partial charge in [0.2, 0.25) is 5.91 Å². The Balaban J connectivity index is 1.46. The Morgan fingerprint density at radius 1 is 1.11 bits per heavy atom. The summed E-state index contributed by atoms with van der Waals surface area (Å²) < 4.78 is 0. The summed E-state index contributed by atoms with van der Waals surface area (Å²) in [5, 5.41) is 3.11. The first-order chi connectivity index (χ1) is 13.0. The lowest BCUT2D eigenvalue weighted by Crippen LogP contribution is -2.35. The highest BCUT2D eigenvalue weighted by molar-refractivity contribution is 7.13. The van der Waals surface area contributed by atoms with E-state index in [4.69, 9.17) is 0 Å². The molecule has 0 N–H and O–H groups in total. The van der Waals surface area contributed by atoms with Crippen LogP contribution >= 0.6 is 11.3 Å². The predicted molar refractivity (Wildman–Crippen MR) is 108 cm³/mol. The molecule has 7 heteroatoms. The lowest BCUT2D eigenvalue weighted by atomic mass is 10.1. The number of carbonyl (C=O) groups is 2. The van der Waals surface area contributed by atoms with Crippen molar-refractivity contribution in [2.24, 2.45) is 0 Å². The summed E-state index contributed by atoms with van der Waals surface area (Å²) in [5.41, 5.74) is 3.80. The van der Waals surface area contributed by atoms with Crippen molar-refractivity contribution in [2.75, 3.05) is 42.5 Å². The number of rotatable bonds is 2. The fourth-order valence-electron chi connectivity index (χ4n) is 3.84. The minimum atomic E-state index is 0.0536. The lowest BCUT2D eigenvalue weighted by Gasteiger charge is -2.22. The highest BCUT2D eigenvalue weighted by Crippen LogP contribution is 2.29. The molecule has 0 unspecified atom stereocenters. The molecule has 3 heterocycles. The largest absolute Gasteiger partial charge is 0.346 e. The zero-order valence-corrected chi connectivity index (χ0v) is 16.6. The van der Waals surface area contributed by atoms with Crippen molar-refractivity contribution in [1.82, 2.24) is 9.88 Å². The van der Waals surface area contributed by atoms with E-state index in [-0.39, 0.29) is 11.8 Å². The molecule has 27 heavy (non-hydrogen) atoms. The summed E-state index contributed by atoms with van der Waals surface area (Å²) in [5.74, 6) is 0.133. The number of hydrogen-bond donors (Lipinski definition) is 0. The lowest BCUT2D eigenvalue weighted by molar-refractivity contribution is -0.116. The fraction of sp³-hybridized carbons (Fsp3) is 0.450. The van der Waals surface area contributed by atoms with E-state index in [1.54, 1.807) is 23.2 Å². The van der Waals surface area contributed by atoms with Gasteiger partial charge in [-0.05, 0) is 43.5 Å². The fourth-order valence-corrected chi connectivity index (χ4v) is 4.70. The molecule has 0 atom stereocenters. The number of amides is 2. The molecule has 1 saturated heterocycles. The van der Waals surface area contributed by atoms with Crippen LogP contribution < -0.4 is 9.80 Å². The number of carbonyl (C=O) groups excluding carboxylic acids is 2. The van der Waals surface area contributed by atoms with Crippen LogP contribution in [0.4, 0.5) is 10.8 Å². The van der Waals surface area contributed by atoms with Gasteiger partial charge in [0.1, 0.15) is 0 Å². The topological polar surface area (TPSA) is 56.8 Å². The Morgan fingerprint density at radius 3 is 2.70 bits per heavy atom. The average molecular weight is 385 g/mol. The minimum Gasteiger partial charge on any atom is -0.346 e. The van der Waals surface area contributed by atoms with Crippen LogP contribution in [0.25, 0.3) is 0 Å². The highest BCUT2D eigenvalue weighted by atomic mass is 32.1. The quantitative estimate of drug-likeness (QED) is 0.799. The van der Waals surface area contributed by atoms with Crippen molar-refractivity contribution < 1.29 is 9.59 Å². The van der Waals surface area contributed by atoms with Gasteiger partial charge in [0, 0.05) is 56.3 Å². The van der Waals surface area contributed by atoms with E-state index >= 15 is 0 Å². The van der Waals surface area contributed by atoms with Gasteiger partial charge in [-0.2, -0.15) is 0 Å². The molecule has 0 radical (unpaired) electrons. The van der Waals surface area contributed by atoms with Crippen LogP contribution in [-0.2, 0) is 11.2 Å². The highest BCUT2D eigenvalue weighted by Gasteiger charge is 2.26. The van der Waals surface area contributed by atoms with Crippen LogP contribution in [0.3, 0.4) is 0 Å². The van der Waals surface area contributed by atoms with Crippen molar-refractivity contribution in [2.45, 2.75) is 26.7 Å². The molecule has 4 rings (SSSR count). The number of fused-ring (bicyclic) bond motifs is 1. The monoisotopic (exact) mass is 384 g/mol. The maximum Gasteiger partial charge on any atom is 0.253 e. The van der Waals surface area contributed by atoms with Crippen molar-refractivity contribution in [3.63, 3.8) is 0 Å². The molecule has 142 valence electrons. The summed E-state index contributed by atoms with van der Waals surface area (Å²) in [6.07, 6.45) is 1.75. The number of hydrogen-bond acceptors (Lipinski definition) is 5. The standard InChI is InChI=1S/C20H24N4O2S/c1-14-13-27-20(21-14)23-8-3-7-22(10-11-23)19(26)17-4-5-18-16(12-17)6-9-24(18)15(2)25/h4-5,12-13H,3,6-11H2,1-2H3. The second-order valence-electron chi connectivity index (χ2n) is 7.17. The van der Waals surface area contributed by atoms with Crippen molar-refractivity contribution >= 4 is 34.0 Å². The van der Waals surface area contributed by atoms with Gasteiger partial charge in [-0.15, -0.1) is 11.3 Å². The summed E-state index contributed by atoms with van der Waals surface area (Å²) in [6, 6.07) is 5.74. The van der Waals surface area contributed by atoms with Crippen molar-refractivity contribution in [3.05, 3.63) is 40.4 Å². The number of anilines is 2. The summed E-state index contributed by atoms with van der Waals surface area (Å²) in [6.45, 7) is 7.49. The first-order valence-electron chi connectivity index (χ1n) is 9.40. The van der Waals surface area contributed by atoms with Gasteiger partial charge in [0.15, 0.2) is 5.13 Å². The predicted octanol–water partition coefficient (Wildman–Crippen LogP) is 2.71. The number of aryl methyl sites for hydroxylation is 1. The van der Waals surface area contributed by atoms with Crippen molar-refractivity contribution in [3.8, 4) is 0 Å². The third-order valence-electron chi connectivity index (χ3n) is 5.26. The second-order valence-corrected chi connectivity index (χ2v) is 8.00. The third-order valence-corrected chi connectivity index (χ3v) is 6.28. The van der Waals surface area contributed by atoms with Gasteiger partial charge in [-0.1, -0.05) is 0 Å². The molecule has 1 aromatic carbocycles. The van der Waals surface area contributed by atoms with Gasteiger partial charge in [0.05, 0.1) is 5.69 Å². The maximum absolute atomic E-state index is 13.0. The second kappa shape index (κ2) is 7.31. The van der Waals surface area contributed by atoms with Crippen LogP contribution in [0.1, 0.15) is 35.0 Å². The van der Waals surface area contributed by atoms with Crippen molar-refractivity contribution in [1.29, 1.82) is 0 Å². The maximum atomic E-state index is 13.0. The zero-order chi connectivity index (χ0) is 19.0. The summed E-state index contributed by atoms with van der Waals surface area (Å²) >= 11 is 1.67. The Labute approximate surface area is 163 Å². The molecular formula is C20H24N4O2S. The average Bonchev–Trinajstić information content (AvgIpc) is 3.19. The Hall–Kier alpha value is -2.41. The molecule has 6 nitrogen and oxygen atoms in total. The van der Waals surface area contributed by atoms with Crippen LogP contribution in [-0.4, -0.2) is 54.4 Å². The van der Waals surface area contributed by atoms with Gasteiger partial charge in [-0.25, -0.2) is 4.98 Å². The number of benzene rings is 1. The van der Waals surface area contributed by atoms with Crippen LogP contribution in [0.5, 0.6) is 0 Å². The zero-order valence-electron chi connectivity index (χ0n) is 15.8. The van der Waals surface area contributed by atoms with E-state index in [0.29, 0.717) is 13.1 Å². The summed E-state index contributed by atoms with van der Waals surface area (Å²) in [7, 11) is 0. The van der Waals surface area contributed by atoms with Gasteiger partial charge < -0.3 is 14.7 Å². The molecule has 2 aliphatic rings. The van der Waals surface area contributed by atoms with E-state index in [1.807, 2.05) is 30.0 Å². The first-order valence-corrected chi connectivity index (χ1v) is 10.3. The summed E-state index contributed by atoms with van der Waals surface area (Å²) in [4.78, 5) is 35.3. The third kappa shape index (κ3) is 3.56. The number of aromatic nitrogens is 1. The molecular weight excluding hydrogens is 360 g/mol. The van der Waals surface area contributed by atoms with E-state index in [1.165, 1.54) is 0 Å². The molecule has 0 saturated carbocycles. The SMILES string of the molecule is CC(=O)N1CCc2cc(C(=O)N3CCCN(c4nc(C)cs4)CC3)ccc21. The Bertz CT molecular complexity index is 879. The number of thiazole rings is 1.